The van der Waals surface area contributed by atoms with Crippen molar-refractivity contribution in [1.29, 1.82) is 0 Å². The third-order valence-corrected chi connectivity index (χ3v) is 3.70. The molecule has 0 aliphatic heterocycles. The fourth-order valence-corrected chi connectivity index (χ4v) is 2.48. The third kappa shape index (κ3) is 4.51. The van der Waals surface area contributed by atoms with E-state index >= 15 is 0 Å². The van der Waals surface area contributed by atoms with Crippen LogP contribution in [-0.2, 0) is 13.1 Å². The molecule has 2 aromatic heterocycles. The number of hydrogen-bond donors (Lipinski definition) is 0. The molecule has 6 heteroatoms. The Morgan fingerprint density at radius 3 is 2.72 bits per heavy atom. The van der Waals surface area contributed by atoms with Gasteiger partial charge in [-0.15, -0.1) is 6.58 Å². The standard InChI is InChI=1S/C19H20N4O2/c1-3-11-23(13-15-6-8-17(24-2)9-7-15)14-18-21-19(22-25-18)16-5-4-10-20-12-16/h3-10,12H,1,11,13-14H2,2H3. The van der Waals surface area contributed by atoms with Crippen LogP contribution in [0.5, 0.6) is 5.75 Å². The molecule has 0 spiro atoms. The van der Waals surface area contributed by atoms with Crippen molar-refractivity contribution in [2.75, 3.05) is 13.7 Å². The zero-order valence-electron chi connectivity index (χ0n) is 14.1. The summed E-state index contributed by atoms with van der Waals surface area (Å²) in [4.78, 5) is 10.7. The van der Waals surface area contributed by atoms with E-state index in [1.165, 1.54) is 5.56 Å². The first-order valence-corrected chi connectivity index (χ1v) is 7.97. The summed E-state index contributed by atoms with van der Waals surface area (Å²) in [5.74, 6) is 1.96. The average molecular weight is 336 g/mol. The largest absolute Gasteiger partial charge is 0.497 e. The lowest BCUT2D eigenvalue weighted by Crippen LogP contribution is -2.23. The highest BCUT2D eigenvalue weighted by atomic mass is 16.5. The molecule has 2 heterocycles. The molecule has 128 valence electrons. The Morgan fingerprint density at radius 1 is 1.20 bits per heavy atom. The van der Waals surface area contributed by atoms with E-state index in [4.69, 9.17) is 9.26 Å². The van der Waals surface area contributed by atoms with Crippen LogP contribution in [0, 0.1) is 0 Å². The van der Waals surface area contributed by atoms with Crippen LogP contribution in [0.25, 0.3) is 11.4 Å². The van der Waals surface area contributed by atoms with Crippen LogP contribution in [0.2, 0.25) is 0 Å². The number of rotatable bonds is 8. The van der Waals surface area contributed by atoms with Crippen molar-refractivity contribution in [2.24, 2.45) is 0 Å². The summed E-state index contributed by atoms with van der Waals surface area (Å²) in [5, 5.41) is 4.03. The molecule has 0 bridgehead atoms. The van der Waals surface area contributed by atoms with E-state index < -0.39 is 0 Å². The Labute approximate surface area is 146 Å². The monoisotopic (exact) mass is 336 g/mol. The van der Waals surface area contributed by atoms with E-state index in [1.807, 2.05) is 42.5 Å². The number of benzene rings is 1. The van der Waals surface area contributed by atoms with Crippen molar-refractivity contribution in [3.8, 4) is 17.1 Å². The van der Waals surface area contributed by atoms with E-state index in [9.17, 15) is 0 Å². The molecule has 0 amide bonds. The van der Waals surface area contributed by atoms with E-state index in [-0.39, 0.29) is 0 Å². The van der Waals surface area contributed by atoms with Gasteiger partial charge in [0.2, 0.25) is 11.7 Å². The SMILES string of the molecule is C=CCN(Cc1ccc(OC)cc1)Cc1nc(-c2cccnc2)no1. The Balaban J connectivity index is 1.69. The van der Waals surface area contributed by atoms with Gasteiger partial charge < -0.3 is 9.26 Å². The van der Waals surface area contributed by atoms with E-state index in [2.05, 4.69) is 26.6 Å². The van der Waals surface area contributed by atoms with Crippen LogP contribution in [0.3, 0.4) is 0 Å². The van der Waals surface area contributed by atoms with Gasteiger partial charge in [-0.3, -0.25) is 9.88 Å². The van der Waals surface area contributed by atoms with Crippen LogP contribution in [0.1, 0.15) is 11.5 Å². The molecule has 0 aliphatic rings. The summed E-state index contributed by atoms with van der Waals surface area (Å²) in [5.41, 5.74) is 2.01. The van der Waals surface area contributed by atoms with Gasteiger partial charge in [-0.25, -0.2) is 0 Å². The number of pyridine rings is 1. The summed E-state index contributed by atoms with van der Waals surface area (Å²) in [6.45, 7) is 5.84. The Hall–Kier alpha value is -2.99. The first-order chi connectivity index (χ1) is 12.3. The molecule has 0 fully saturated rings. The molecule has 6 nitrogen and oxygen atoms in total. The second-order valence-electron chi connectivity index (χ2n) is 5.56. The number of aromatic nitrogens is 3. The summed E-state index contributed by atoms with van der Waals surface area (Å²) in [7, 11) is 1.66. The first kappa shape index (κ1) is 16.9. The van der Waals surface area contributed by atoms with Crippen LogP contribution >= 0.6 is 0 Å². The van der Waals surface area contributed by atoms with Gasteiger partial charge >= 0.3 is 0 Å². The van der Waals surface area contributed by atoms with Gasteiger partial charge in [0.15, 0.2) is 0 Å². The maximum Gasteiger partial charge on any atom is 0.241 e. The molecule has 0 saturated heterocycles. The molecule has 0 aliphatic carbocycles. The highest BCUT2D eigenvalue weighted by molar-refractivity contribution is 5.51. The summed E-state index contributed by atoms with van der Waals surface area (Å²) in [6.07, 6.45) is 5.29. The van der Waals surface area contributed by atoms with Crippen molar-refractivity contribution >= 4 is 0 Å². The highest BCUT2D eigenvalue weighted by Crippen LogP contribution is 2.17. The zero-order valence-corrected chi connectivity index (χ0v) is 14.1. The quantitative estimate of drug-likeness (QED) is 0.588. The lowest BCUT2D eigenvalue weighted by atomic mass is 10.2. The fraction of sp³-hybridized carbons (Fsp3) is 0.211. The number of nitrogens with zero attached hydrogens (tertiary/aromatic N) is 4. The molecule has 0 saturated carbocycles. The summed E-state index contributed by atoms with van der Waals surface area (Å²) < 4.78 is 10.6. The van der Waals surface area contributed by atoms with Gasteiger partial charge in [-0.1, -0.05) is 23.4 Å². The van der Waals surface area contributed by atoms with Gasteiger partial charge in [0, 0.05) is 31.0 Å². The van der Waals surface area contributed by atoms with Crippen LogP contribution in [-0.4, -0.2) is 33.7 Å². The van der Waals surface area contributed by atoms with Crippen molar-refractivity contribution in [2.45, 2.75) is 13.1 Å². The molecular formula is C19H20N4O2. The van der Waals surface area contributed by atoms with Gasteiger partial charge in [-0.05, 0) is 29.8 Å². The third-order valence-electron chi connectivity index (χ3n) is 3.70. The predicted molar refractivity (Wildman–Crippen MR) is 94.8 cm³/mol. The molecule has 3 aromatic rings. The second kappa shape index (κ2) is 8.21. The van der Waals surface area contributed by atoms with E-state index in [1.54, 1.807) is 19.5 Å². The molecule has 0 N–H and O–H groups in total. The van der Waals surface area contributed by atoms with E-state index in [0.717, 1.165) is 24.4 Å². The van der Waals surface area contributed by atoms with Crippen LogP contribution in [0.15, 0.2) is 66.0 Å². The highest BCUT2D eigenvalue weighted by Gasteiger charge is 2.13. The van der Waals surface area contributed by atoms with Crippen LogP contribution < -0.4 is 4.74 Å². The maximum atomic E-state index is 5.39. The zero-order chi connectivity index (χ0) is 17.5. The van der Waals surface area contributed by atoms with Crippen molar-refractivity contribution in [1.82, 2.24) is 20.0 Å². The topological polar surface area (TPSA) is 64.3 Å². The Bertz CT molecular complexity index is 800. The minimum Gasteiger partial charge on any atom is -0.497 e. The summed E-state index contributed by atoms with van der Waals surface area (Å²) >= 11 is 0. The lowest BCUT2D eigenvalue weighted by molar-refractivity contribution is 0.239. The molecular weight excluding hydrogens is 316 g/mol. The number of methoxy groups -OCH3 is 1. The summed E-state index contributed by atoms with van der Waals surface area (Å²) in [6, 6.07) is 11.7. The van der Waals surface area contributed by atoms with Gasteiger partial charge in [0.05, 0.1) is 13.7 Å². The minimum absolute atomic E-state index is 0.547. The average Bonchev–Trinajstić information content (AvgIpc) is 3.12. The second-order valence-corrected chi connectivity index (χ2v) is 5.56. The number of ether oxygens (including phenoxy) is 1. The number of hydrogen-bond acceptors (Lipinski definition) is 6. The predicted octanol–water partition coefficient (Wildman–Crippen LogP) is 3.33. The van der Waals surface area contributed by atoms with Crippen molar-refractivity contribution in [3.63, 3.8) is 0 Å². The maximum absolute atomic E-state index is 5.39. The van der Waals surface area contributed by atoms with Gasteiger partial charge in [0.1, 0.15) is 5.75 Å². The van der Waals surface area contributed by atoms with Gasteiger partial charge in [0.25, 0.3) is 0 Å². The molecule has 3 rings (SSSR count). The normalized spacial score (nSPS) is 10.8. The first-order valence-electron chi connectivity index (χ1n) is 7.97. The molecule has 0 atom stereocenters. The minimum atomic E-state index is 0.547. The molecule has 0 unspecified atom stereocenters. The van der Waals surface area contributed by atoms with Gasteiger partial charge in [-0.2, -0.15) is 4.98 Å². The molecule has 1 aromatic carbocycles. The van der Waals surface area contributed by atoms with Crippen molar-refractivity contribution in [3.05, 3.63) is 72.9 Å². The lowest BCUT2D eigenvalue weighted by Gasteiger charge is -2.18. The van der Waals surface area contributed by atoms with E-state index in [0.29, 0.717) is 18.3 Å². The van der Waals surface area contributed by atoms with Crippen LogP contribution in [0.4, 0.5) is 0 Å². The molecule has 0 radical (unpaired) electrons. The van der Waals surface area contributed by atoms with Crippen molar-refractivity contribution < 1.29 is 9.26 Å². The fourth-order valence-electron chi connectivity index (χ4n) is 2.48. The smallest absolute Gasteiger partial charge is 0.241 e. The Kier molecular flexibility index (Phi) is 5.53. The Morgan fingerprint density at radius 2 is 2.04 bits per heavy atom. The molecule has 25 heavy (non-hydrogen) atoms.